The first-order chi connectivity index (χ1) is 7.38. The Morgan fingerprint density at radius 3 is 2.31 bits per heavy atom. The van der Waals surface area contributed by atoms with Gasteiger partial charge in [0.05, 0.1) is 13.2 Å². The minimum Gasteiger partial charge on any atom is -0.375 e. The second-order valence-corrected chi connectivity index (χ2v) is 4.54. The summed E-state index contributed by atoms with van der Waals surface area (Å²) in [5.74, 6) is -0.421. The monoisotopic (exact) mass is 222 g/mol. The molecule has 4 nitrogen and oxygen atoms in total. The third-order valence-electron chi connectivity index (χ3n) is 1.98. The Balaban J connectivity index is 2.47. The quantitative estimate of drug-likeness (QED) is 0.781. The van der Waals surface area contributed by atoms with Crippen LogP contribution in [0.3, 0.4) is 0 Å². The summed E-state index contributed by atoms with van der Waals surface area (Å²) in [6.07, 6.45) is 0. The normalized spacial score (nSPS) is 11.4. The first kappa shape index (κ1) is 12.7. The second-order valence-electron chi connectivity index (χ2n) is 4.54. The van der Waals surface area contributed by atoms with E-state index in [-0.39, 0.29) is 5.54 Å². The molecule has 88 valence electrons. The van der Waals surface area contributed by atoms with Crippen LogP contribution in [0.15, 0.2) is 24.3 Å². The van der Waals surface area contributed by atoms with Gasteiger partial charge in [-0.25, -0.2) is 0 Å². The molecule has 0 spiro atoms. The molecule has 0 aliphatic heterocycles. The Morgan fingerprint density at radius 2 is 1.88 bits per heavy atom. The van der Waals surface area contributed by atoms with Gasteiger partial charge in [0.15, 0.2) is 0 Å². The van der Waals surface area contributed by atoms with Crippen molar-refractivity contribution in [3.8, 4) is 0 Å². The molecule has 0 unspecified atom stereocenters. The Bertz CT molecular complexity index is 352. The van der Waals surface area contributed by atoms with Crippen molar-refractivity contribution in [2.24, 2.45) is 11.5 Å². The molecule has 0 atom stereocenters. The summed E-state index contributed by atoms with van der Waals surface area (Å²) in [5, 5.41) is 0. The average Bonchev–Trinajstić information content (AvgIpc) is 2.16. The third-order valence-corrected chi connectivity index (χ3v) is 1.98. The molecule has 0 saturated carbocycles. The predicted octanol–water partition coefficient (Wildman–Crippen LogP) is 1.04. The van der Waals surface area contributed by atoms with Crippen molar-refractivity contribution in [2.75, 3.05) is 6.61 Å². The Morgan fingerprint density at radius 1 is 1.31 bits per heavy atom. The molecule has 16 heavy (non-hydrogen) atoms. The molecule has 0 aromatic heterocycles. The summed E-state index contributed by atoms with van der Waals surface area (Å²) < 4.78 is 5.44. The van der Waals surface area contributed by atoms with Crippen LogP contribution in [0, 0.1) is 0 Å². The molecule has 0 radical (unpaired) electrons. The van der Waals surface area contributed by atoms with Crippen molar-refractivity contribution in [2.45, 2.75) is 26.0 Å². The van der Waals surface area contributed by atoms with E-state index in [1.54, 1.807) is 12.1 Å². The van der Waals surface area contributed by atoms with Crippen LogP contribution in [0.4, 0.5) is 0 Å². The van der Waals surface area contributed by atoms with Gasteiger partial charge < -0.3 is 16.2 Å². The first-order valence-electron chi connectivity index (χ1n) is 5.14. The van der Waals surface area contributed by atoms with Gasteiger partial charge in [0.25, 0.3) is 0 Å². The van der Waals surface area contributed by atoms with Crippen molar-refractivity contribution >= 4 is 5.91 Å². The van der Waals surface area contributed by atoms with Gasteiger partial charge in [-0.05, 0) is 31.5 Å². The minimum atomic E-state index is -0.421. The zero-order chi connectivity index (χ0) is 12.2. The third kappa shape index (κ3) is 4.42. The van der Waals surface area contributed by atoms with Gasteiger partial charge in [0.1, 0.15) is 0 Å². The van der Waals surface area contributed by atoms with E-state index < -0.39 is 5.91 Å². The Kier molecular flexibility index (Phi) is 4.04. The van der Waals surface area contributed by atoms with Gasteiger partial charge in [-0.1, -0.05) is 12.1 Å². The number of hydrogen-bond donors (Lipinski definition) is 2. The summed E-state index contributed by atoms with van der Waals surface area (Å²) in [5.41, 5.74) is 12.1. The molecule has 0 bridgehead atoms. The number of hydrogen-bond acceptors (Lipinski definition) is 3. The Labute approximate surface area is 95.6 Å². The fourth-order valence-corrected chi connectivity index (χ4v) is 1.20. The molecule has 1 amide bonds. The van der Waals surface area contributed by atoms with Crippen molar-refractivity contribution in [1.82, 2.24) is 0 Å². The van der Waals surface area contributed by atoms with Crippen molar-refractivity contribution < 1.29 is 9.53 Å². The molecule has 4 N–H and O–H groups in total. The van der Waals surface area contributed by atoms with Crippen molar-refractivity contribution in [1.29, 1.82) is 0 Å². The van der Waals surface area contributed by atoms with Crippen LogP contribution in [0.1, 0.15) is 29.8 Å². The highest BCUT2D eigenvalue weighted by atomic mass is 16.5. The SMILES string of the molecule is CC(C)(N)COCc1ccc(C(N)=O)cc1. The van der Waals surface area contributed by atoms with E-state index in [4.69, 9.17) is 16.2 Å². The number of carbonyl (C=O) groups excluding carboxylic acids is 1. The van der Waals surface area contributed by atoms with E-state index in [0.29, 0.717) is 18.8 Å². The lowest BCUT2D eigenvalue weighted by Crippen LogP contribution is -2.37. The van der Waals surface area contributed by atoms with Gasteiger partial charge in [0, 0.05) is 11.1 Å². The summed E-state index contributed by atoms with van der Waals surface area (Å²) in [4.78, 5) is 10.8. The van der Waals surface area contributed by atoms with Gasteiger partial charge in [-0.2, -0.15) is 0 Å². The summed E-state index contributed by atoms with van der Waals surface area (Å²) in [6.45, 7) is 4.79. The lowest BCUT2D eigenvalue weighted by Gasteiger charge is -2.18. The maximum absolute atomic E-state index is 10.8. The van der Waals surface area contributed by atoms with Gasteiger partial charge in [-0.15, -0.1) is 0 Å². The molecule has 0 heterocycles. The van der Waals surface area contributed by atoms with E-state index in [9.17, 15) is 4.79 Å². The highest BCUT2D eigenvalue weighted by Crippen LogP contribution is 2.06. The summed E-state index contributed by atoms with van der Waals surface area (Å²) in [6, 6.07) is 7.02. The molecule has 0 aliphatic carbocycles. The highest BCUT2D eigenvalue weighted by molar-refractivity contribution is 5.92. The van der Waals surface area contributed by atoms with Crippen LogP contribution in [0.5, 0.6) is 0 Å². The van der Waals surface area contributed by atoms with Crippen LogP contribution >= 0.6 is 0 Å². The predicted molar refractivity (Wildman–Crippen MR) is 62.9 cm³/mol. The van der Waals surface area contributed by atoms with Crippen LogP contribution in [-0.4, -0.2) is 18.1 Å². The number of rotatable bonds is 5. The molecular weight excluding hydrogens is 204 g/mol. The lowest BCUT2D eigenvalue weighted by molar-refractivity contribution is 0.0850. The van der Waals surface area contributed by atoms with Gasteiger partial charge in [0.2, 0.25) is 5.91 Å². The molecule has 1 aromatic rings. The van der Waals surface area contributed by atoms with Crippen LogP contribution in [0.2, 0.25) is 0 Å². The topological polar surface area (TPSA) is 78.3 Å². The van der Waals surface area contributed by atoms with Crippen molar-refractivity contribution in [3.63, 3.8) is 0 Å². The van der Waals surface area contributed by atoms with E-state index in [1.165, 1.54) is 0 Å². The summed E-state index contributed by atoms with van der Waals surface area (Å²) >= 11 is 0. The molecule has 0 saturated heterocycles. The minimum absolute atomic E-state index is 0.326. The molecular formula is C12H18N2O2. The fraction of sp³-hybridized carbons (Fsp3) is 0.417. The number of carbonyl (C=O) groups is 1. The molecule has 1 rings (SSSR count). The smallest absolute Gasteiger partial charge is 0.248 e. The zero-order valence-electron chi connectivity index (χ0n) is 9.69. The van der Waals surface area contributed by atoms with Gasteiger partial charge in [-0.3, -0.25) is 4.79 Å². The molecule has 0 fully saturated rings. The molecule has 4 heteroatoms. The number of ether oxygens (including phenoxy) is 1. The number of benzene rings is 1. The van der Waals surface area contributed by atoms with Crippen molar-refractivity contribution in [3.05, 3.63) is 35.4 Å². The lowest BCUT2D eigenvalue weighted by atomic mass is 10.1. The Hall–Kier alpha value is -1.39. The van der Waals surface area contributed by atoms with Crippen LogP contribution in [-0.2, 0) is 11.3 Å². The maximum Gasteiger partial charge on any atom is 0.248 e. The second kappa shape index (κ2) is 5.09. The van der Waals surface area contributed by atoms with Gasteiger partial charge >= 0.3 is 0 Å². The standard InChI is InChI=1S/C12H18N2O2/c1-12(2,14)8-16-7-9-3-5-10(6-4-9)11(13)15/h3-6H,7-8,14H2,1-2H3,(H2,13,15). The highest BCUT2D eigenvalue weighted by Gasteiger charge is 2.10. The van der Waals surface area contributed by atoms with E-state index in [1.807, 2.05) is 26.0 Å². The number of amides is 1. The summed E-state index contributed by atoms with van der Waals surface area (Å²) in [7, 11) is 0. The number of nitrogens with two attached hydrogens (primary N) is 2. The average molecular weight is 222 g/mol. The maximum atomic E-state index is 10.8. The van der Waals surface area contributed by atoms with Crippen LogP contribution < -0.4 is 11.5 Å². The molecule has 1 aromatic carbocycles. The first-order valence-corrected chi connectivity index (χ1v) is 5.14. The van der Waals surface area contributed by atoms with E-state index in [2.05, 4.69) is 0 Å². The van der Waals surface area contributed by atoms with Crippen LogP contribution in [0.25, 0.3) is 0 Å². The van der Waals surface area contributed by atoms with E-state index in [0.717, 1.165) is 5.56 Å². The van der Waals surface area contributed by atoms with E-state index >= 15 is 0 Å². The largest absolute Gasteiger partial charge is 0.375 e. The fourth-order valence-electron chi connectivity index (χ4n) is 1.20. The number of primary amides is 1. The molecule has 0 aliphatic rings. The zero-order valence-corrected chi connectivity index (χ0v) is 9.69.